The van der Waals surface area contributed by atoms with Crippen LogP contribution >= 0.6 is 11.8 Å². The van der Waals surface area contributed by atoms with Crippen molar-refractivity contribution in [2.24, 2.45) is 0 Å². The summed E-state index contributed by atoms with van der Waals surface area (Å²) in [6.07, 6.45) is 1.08. The Hall–Kier alpha value is -2.18. The molecule has 1 aliphatic heterocycles. The molecule has 0 saturated carbocycles. The van der Waals surface area contributed by atoms with Gasteiger partial charge >= 0.3 is 0 Å². The van der Waals surface area contributed by atoms with E-state index in [0.29, 0.717) is 25.2 Å². The number of hydrogen-bond donors (Lipinski definition) is 1. The predicted molar refractivity (Wildman–Crippen MR) is 107 cm³/mol. The van der Waals surface area contributed by atoms with Gasteiger partial charge in [0, 0.05) is 24.7 Å². The Kier molecular flexibility index (Phi) is 5.32. The Balaban J connectivity index is 1.27. The van der Waals surface area contributed by atoms with E-state index in [4.69, 9.17) is 9.15 Å². The van der Waals surface area contributed by atoms with Crippen LogP contribution in [0.5, 0.6) is 5.75 Å². The fraction of sp³-hybridized carbons (Fsp3) is 0.350. The van der Waals surface area contributed by atoms with Crippen LogP contribution in [0, 0.1) is 0 Å². The van der Waals surface area contributed by atoms with Gasteiger partial charge in [-0.2, -0.15) is 4.98 Å². The highest BCUT2D eigenvalue weighted by Gasteiger charge is 2.14. The van der Waals surface area contributed by atoms with Gasteiger partial charge in [-0.1, -0.05) is 24.3 Å². The zero-order valence-electron chi connectivity index (χ0n) is 14.9. The monoisotopic (exact) mass is 369 g/mol. The van der Waals surface area contributed by atoms with Crippen molar-refractivity contribution in [3.05, 3.63) is 54.1 Å². The van der Waals surface area contributed by atoms with Gasteiger partial charge in [-0.3, -0.25) is 0 Å². The molecule has 1 N–H and O–H groups in total. The zero-order valence-corrected chi connectivity index (χ0v) is 15.7. The minimum atomic E-state index is 0.579. The van der Waals surface area contributed by atoms with E-state index >= 15 is 0 Å². The third-order valence-corrected chi connectivity index (χ3v) is 5.51. The van der Waals surface area contributed by atoms with Crippen molar-refractivity contribution in [1.82, 2.24) is 10.3 Å². The van der Waals surface area contributed by atoms with Crippen molar-refractivity contribution in [3.8, 4) is 5.75 Å². The SMILES string of the molecule is CN(CCOc1ccc(CC2CSCN2)cc1)c1nc2ccccc2o1. The summed E-state index contributed by atoms with van der Waals surface area (Å²) >= 11 is 1.96. The molecule has 26 heavy (non-hydrogen) atoms. The molecule has 5 nitrogen and oxygen atoms in total. The van der Waals surface area contributed by atoms with E-state index in [9.17, 15) is 0 Å². The third kappa shape index (κ3) is 4.14. The van der Waals surface area contributed by atoms with Crippen molar-refractivity contribution < 1.29 is 9.15 Å². The molecular formula is C20H23N3O2S. The van der Waals surface area contributed by atoms with E-state index in [1.165, 1.54) is 11.3 Å². The number of likely N-dealkylation sites (N-methyl/N-ethyl adjacent to an activating group) is 1. The quantitative estimate of drug-likeness (QED) is 0.687. The molecule has 1 aromatic heterocycles. The number of nitrogens with one attached hydrogen (secondary N) is 1. The summed E-state index contributed by atoms with van der Waals surface area (Å²) in [5, 5.41) is 3.50. The molecule has 4 rings (SSSR count). The van der Waals surface area contributed by atoms with Gasteiger partial charge in [-0.05, 0) is 36.2 Å². The lowest BCUT2D eigenvalue weighted by atomic mass is 10.1. The van der Waals surface area contributed by atoms with E-state index < -0.39 is 0 Å². The van der Waals surface area contributed by atoms with Crippen molar-refractivity contribution in [3.63, 3.8) is 0 Å². The average molecular weight is 369 g/mol. The van der Waals surface area contributed by atoms with Crippen LogP contribution in [-0.2, 0) is 6.42 Å². The fourth-order valence-corrected chi connectivity index (χ4v) is 3.99. The number of rotatable bonds is 7. The number of anilines is 1. The second-order valence-corrected chi connectivity index (χ2v) is 7.53. The van der Waals surface area contributed by atoms with Gasteiger partial charge in [-0.25, -0.2) is 0 Å². The molecule has 0 spiro atoms. The molecule has 1 aliphatic rings. The largest absolute Gasteiger partial charge is 0.492 e. The third-order valence-electron chi connectivity index (χ3n) is 4.50. The number of fused-ring (bicyclic) bond motifs is 1. The first-order chi connectivity index (χ1) is 12.8. The predicted octanol–water partition coefficient (Wildman–Crippen LogP) is 3.55. The summed E-state index contributed by atoms with van der Waals surface area (Å²) in [5.41, 5.74) is 3.03. The first-order valence-corrected chi connectivity index (χ1v) is 10.0. The second-order valence-electron chi connectivity index (χ2n) is 6.50. The number of ether oxygens (including phenoxy) is 1. The van der Waals surface area contributed by atoms with Crippen molar-refractivity contribution in [1.29, 1.82) is 0 Å². The molecule has 136 valence electrons. The maximum Gasteiger partial charge on any atom is 0.298 e. The Morgan fingerprint density at radius 1 is 1.23 bits per heavy atom. The fourth-order valence-electron chi connectivity index (χ4n) is 2.99. The Morgan fingerprint density at radius 2 is 2.08 bits per heavy atom. The molecule has 3 aromatic rings. The summed E-state index contributed by atoms with van der Waals surface area (Å²) < 4.78 is 11.6. The number of hydrogen-bond acceptors (Lipinski definition) is 6. The number of oxazole rings is 1. The molecule has 1 atom stereocenters. The second kappa shape index (κ2) is 8.01. The van der Waals surface area contributed by atoms with Crippen LogP contribution in [-0.4, -0.2) is 42.9 Å². The molecule has 1 unspecified atom stereocenters. The first kappa shape index (κ1) is 17.2. The average Bonchev–Trinajstić information content (AvgIpc) is 3.32. The zero-order chi connectivity index (χ0) is 17.8. The molecule has 0 radical (unpaired) electrons. The lowest BCUT2D eigenvalue weighted by molar-refractivity contribution is 0.323. The van der Waals surface area contributed by atoms with E-state index in [1.54, 1.807) is 0 Å². The molecule has 1 saturated heterocycles. The van der Waals surface area contributed by atoms with Gasteiger partial charge in [0.05, 0.1) is 6.54 Å². The van der Waals surface area contributed by atoms with Crippen molar-refractivity contribution in [2.75, 3.05) is 36.7 Å². The minimum absolute atomic E-state index is 0.579. The van der Waals surface area contributed by atoms with Crippen LogP contribution in [0.4, 0.5) is 6.01 Å². The molecule has 6 heteroatoms. The topological polar surface area (TPSA) is 50.5 Å². The Labute approximate surface area is 157 Å². The minimum Gasteiger partial charge on any atom is -0.492 e. The van der Waals surface area contributed by atoms with Crippen LogP contribution in [0.25, 0.3) is 11.1 Å². The highest BCUT2D eigenvalue weighted by atomic mass is 32.2. The van der Waals surface area contributed by atoms with Crippen LogP contribution < -0.4 is 15.0 Å². The lowest BCUT2D eigenvalue weighted by Gasteiger charge is -2.15. The normalized spacial score (nSPS) is 16.9. The maximum atomic E-state index is 5.87. The molecule has 1 fully saturated rings. The number of para-hydroxylation sites is 2. The molecule has 2 aromatic carbocycles. The van der Waals surface area contributed by atoms with Gasteiger partial charge in [0.2, 0.25) is 0 Å². The maximum absolute atomic E-state index is 5.87. The first-order valence-electron chi connectivity index (χ1n) is 8.87. The van der Waals surface area contributed by atoms with Crippen LogP contribution in [0.15, 0.2) is 52.9 Å². The van der Waals surface area contributed by atoms with Crippen LogP contribution in [0.3, 0.4) is 0 Å². The standard InChI is InChI=1S/C20H23N3O2S/c1-23(20-22-18-4-2-3-5-19(18)25-20)10-11-24-17-8-6-15(7-9-17)12-16-13-26-14-21-16/h2-9,16,21H,10-14H2,1H3. The molecule has 0 aliphatic carbocycles. The van der Waals surface area contributed by atoms with Gasteiger partial charge in [0.15, 0.2) is 5.58 Å². The lowest BCUT2D eigenvalue weighted by Crippen LogP contribution is -2.25. The number of thioether (sulfide) groups is 1. The molecule has 0 bridgehead atoms. The molecular weight excluding hydrogens is 346 g/mol. The Bertz CT molecular complexity index is 811. The van der Waals surface area contributed by atoms with E-state index in [-0.39, 0.29) is 0 Å². The highest BCUT2D eigenvalue weighted by Crippen LogP contribution is 2.21. The number of benzene rings is 2. The van der Waals surface area contributed by atoms with Crippen molar-refractivity contribution in [2.45, 2.75) is 12.5 Å². The summed E-state index contributed by atoms with van der Waals surface area (Å²) in [7, 11) is 1.96. The Morgan fingerprint density at radius 3 is 2.85 bits per heavy atom. The summed E-state index contributed by atoms with van der Waals surface area (Å²) in [6, 6.07) is 17.4. The van der Waals surface area contributed by atoms with Gasteiger partial charge < -0.3 is 19.4 Å². The number of nitrogens with zero attached hydrogens (tertiary/aromatic N) is 2. The van der Waals surface area contributed by atoms with Crippen LogP contribution in [0.2, 0.25) is 0 Å². The molecule has 0 amide bonds. The smallest absolute Gasteiger partial charge is 0.298 e. The van der Waals surface area contributed by atoms with E-state index in [2.05, 4.69) is 34.6 Å². The highest BCUT2D eigenvalue weighted by molar-refractivity contribution is 7.99. The van der Waals surface area contributed by atoms with E-state index in [0.717, 1.165) is 29.1 Å². The summed E-state index contributed by atoms with van der Waals surface area (Å²) in [6.45, 7) is 1.28. The van der Waals surface area contributed by atoms with E-state index in [1.807, 2.05) is 48.0 Å². The number of aromatic nitrogens is 1. The van der Waals surface area contributed by atoms with Gasteiger partial charge in [0.1, 0.15) is 17.9 Å². The van der Waals surface area contributed by atoms with Gasteiger partial charge in [0.25, 0.3) is 6.01 Å². The van der Waals surface area contributed by atoms with Crippen LogP contribution in [0.1, 0.15) is 5.56 Å². The van der Waals surface area contributed by atoms with Crippen molar-refractivity contribution >= 4 is 28.9 Å². The van der Waals surface area contributed by atoms with Gasteiger partial charge in [-0.15, -0.1) is 11.8 Å². The summed E-state index contributed by atoms with van der Waals surface area (Å²) in [5.74, 6) is 3.16. The summed E-state index contributed by atoms with van der Waals surface area (Å²) in [4.78, 5) is 6.46. The molecule has 2 heterocycles.